The first-order chi connectivity index (χ1) is 7.84. The van der Waals surface area contributed by atoms with E-state index in [9.17, 15) is 14.4 Å². The number of nitrogens with two attached hydrogens (primary N) is 2. The van der Waals surface area contributed by atoms with Gasteiger partial charge in [-0.2, -0.15) is 0 Å². The summed E-state index contributed by atoms with van der Waals surface area (Å²) in [6.07, 6.45) is 2.40. The number of hydrogen-bond donors (Lipinski definition) is 2. The van der Waals surface area contributed by atoms with Crippen molar-refractivity contribution in [3.63, 3.8) is 0 Å². The maximum absolute atomic E-state index is 11.3. The summed E-state index contributed by atoms with van der Waals surface area (Å²) in [5, 5.41) is 0. The van der Waals surface area contributed by atoms with Crippen molar-refractivity contribution in [1.29, 1.82) is 0 Å². The number of carbonyl (C=O) groups excluding carboxylic acids is 3. The zero-order valence-electron chi connectivity index (χ0n) is 10.1. The van der Waals surface area contributed by atoms with Gasteiger partial charge < -0.3 is 11.5 Å². The molecule has 0 saturated carbocycles. The van der Waals surface area contributed by atoms with Gasteiger partial charge in [0.2, 0.25) is 17.7 Å². The van der Waals surface area contributed by atoms with Crippen LogP contribution in [0.3, 0.4) is 0 Å². The Kier molecular flexibility index (Phi) is 4.22. The molecule has 0 aliphatic carbocycles. The minimum atomic E-state index is -1.01. The fourth-order valence-electron chi connectivity index (χ4n) is 1.76. The molecule has 17 heavy (non-hydrogen) atoms. The Morgan fingerprint density at radius 3 is 2.29 bits per heavy atom. The Labute approximate surface area is 100 Å². The molecule has 6 heteroatoms. The summed E-state index contributed by atoms with van der Waals surface area (Å²) in [5.74, 6) is -0.758. The minimum Gasteiger partial charge on any atom is -0.368 e. The van der Waals surface area contributed by atoms with Crippen LogP contribution in [0.1, 0.15) is 39.0 Å². The van der Waals surface area contributed by atoms with E-state index in [1.807, 2.05) is 0 Å². The zero-order chi connectivity index (χ0) is 13.1. The first-order valence-electron chi connectivity index (χ1n) is 5.76. The van der Waals surface area contributed by atoms with E-state index in [1.165, 1.54) is 4.90 Å². The normalized spacial score (nSPS) is 19.5. The van der Waals surface area contributed by atoms with E-state index < -0.39 is 11.4 Å². The Balaban J connectivity index is 2.27. The van der Waals surface area contributed by atoms with Crippen LogP contribution in [-0.4, -0.2) is 34.7 Å². The summed E-state index contributed by atoms with van der Waals surface area (Å²) in [6.45, 7) is 1.99. The van der Waals surface area contributed by atoms with Crippen LogP contribution in [0, 0.1) is 0 Å². The maximum Gasteiger partial charge on any atom is 0.237 e. The average Bonchev–Trinajstić information content (AvgIpc) is 2.54. The van der Waals surface area contributed by atoms with Crippen LogP contribution in [0.4, 0.5) is 0 Å². The van der Waals surface area contributed by atoms with E-state index in [2.05, 4.69) is 0 Å². The Morgan fingerprint density at radius 1 is 1.29 bits per heavy atom. The van der Waals surface area contributed by atoms with Crippen LogP contribution in [0.25, 0.3) is 0 Å². The topological polar surface area (TPSA) is 106 Å². The Hall–Kier alpha value is -1.43. The van der Waals surface area contributed by atoms with Crippen LogP contribution >= 0.6 is 0 Å². The van der Waals surface area contributed by atoms with Crippen LogP contribution in [0.2, 0.25) is 0 Å². The van der Waals surface area contributed by atoms with Crippen molar-refractivity contribution in [3.8, 4) is 0 Å². The van der Waals surface area contributed by atoms with Gasteiger partial charge >= 0.3 is 0 Å². The fourth-order valence-corrected chi connectivity index (χ4v) is 1.76. The summed E-state index contributed by atoms with van der Waals surface area (Å²) >= 11 is 0. The number of carbonyl (C=O) groups is 3. The molecule has 3 amide bonds. The predicted octanol–water partition coefficient (Wildman–Crippen LogP) is -0.492. The highest BCUT2D eigenvalue weighted by Gasteiger charge is 2.29. The van der Waals surface area contributed by atoms with Gasteiger partial charge in [0.15, 0.2) is 0 Å². The quantitative estimate of drug-likeness (QED) is 0.483. The lowest BCUT2D eigenvalue weighted by molar-refractivity contribution is -0.138. The molecule has 0 bridgehead atoms. The van der Waals surface area contributed by atoms with E-state index >= 15 is 0 Å². The summed E-state index contributed by atoms with van der Waals surface area (Å²) in [7, 11) is 0. The minimum absolute atomic E-state index is 0.111. The van der Waals surface area contributed by atoms with E-state index in [4.69, 9.17) is 11.5 Å². The molecular formula is C11H19N3O3. The Bertz CT molecular complexity index is 323. The molecule has 1 heterocycles. The summed E-state index contributed by atoms with van der Waals surface area (Å²) in [6, 6.07) is 0. The van der Waals surface area contributed by atoms with Crippen LogP contribution in [-0.2, 0) is 14.4 Å². The highest BCUT2D eigenvalue weighted by atomic mass is 16.2. The van der Waals surface area contributed by atoms with E-state index in [0.717, 1.165) is 0 Å². The third-order valence-electron chi connectivity index (χ3n) is 3.05. The highest BCUT2D eigenvalue weighted by molar-refractivity contribution is 6.01. The Morgan fingerprint density at radius 2 is 1.82 bits per heavy atom. The van der Waals surface area contributed by atoms with Crippen LogP contribution in [0.5, 0.6) is 0 Å². The van der Waals surface area contributed by atoms with Gasteiger partial charge in [-0.3, -0.25) is 19.3 Å². The second-order valence-corrected chi connectivity index (χ2v) is 4.68. The lowest BCUT2D eigenvalue weighted by atomic mass is 9.95. The second kappa shape index (κ2) is 5.27. The number of likely N-dealkylation sites (tertiary alicyclic amines) is 1. The number of primary amides is 1. The molecular weight excluding hydrogens is 222 g/mol. The van der Waals surface area contributed by atoms with Gasteiger partial charge in [0, 0.05) is 19.4 Å². The van der Waals surface area contributed by atoms with E-state index in [1.54, 1.807) is 6.92 Å². The van der Waals surface area contributed by atoms with Gasteiger partial charge in [-0.15, -0.1) is 0 Å². The molecule has 0 spiro atoms. The number of unbranched alkanes of at least 4 members (excludes halogenated alkanes) is 1. The lowest BCUT2D eigenvalue weighted by Crippen LogP contribution is -2.49. The molecule has 96 valence electrons. The van der Waals surface area contributed by atoms with Gasteiger partial charge in [-0.25, -0.2) is 0 Å². The molecule has 1 aliphatic heterocycles. The monoisotopic (exact) mass is 241 g/mol. The molecule has 6 nitrogen and oxygen atoms in total. The van der Waals surface area contributed by atoms with Crippen molar-refractivity contribution >= 4 is 17.7 Å². The molecule has 1 atom stereocenters. The number of imide groups is 1. The second-order valence-electron chi connectivity index (χ2n) is 4.68. The standard InChI is InChI=1S/C11H19N3O3/c1-11(13,10(12)17)6-2-3-7-14-8(15)4-5-9(14)16/h2-7,13H2,1H3,(H2,12,17). The van der Waals surface area contributed by atoms with Gasteiger partial charge in [0.25, 0.3) is 0 Å². The third kappa shape index (κ3) is 3.52. The largest absolute Gasteiger partial charge is 0.368 e. The molecule has 0 aromatic heterocycles. The van der Waals surface area contributed by atoms with Crippen LogP contribution in [0.15, 0.2) is 0 Å². The summed E-state index contributed by atoms with van der Waals surface area (Å²) in [5.41, 5.74) is 9.81. The average molecular weight is 241 g/mol. The van der Waals surface area contributed by atoms with Crippen molar-refractivity contribution < 1.29 is 14.4 Å². The van der Waals surface area contributed by atoms with Crippen molar-refractivity contribution in [3.05, 3.63) is 0 Å². The summed E-state index contributed by atoms with van der Waals surface area (Å²) in [4.78, 5) is 34.8. The van der Waals surface area contributed by atoms with Crippen molar-refractivity contribution in [2.75, 3.05) is 6.54 Å². The number of amides is 3. The summed E-state index contributed by atoms with van der Waals surface area (Å²) < 4.78 is 0. The van der Waals surface area contributed by atoms with Crippen molar-refractivity contribution in [2.45, 2.75) is 44.6 Å². The number of nitrogens with zero attached hydrogens (tertiary/aromatic N) is 1. The molecule has 1 saturated heterocycles. The SMILES string of the molecule is CC(N)(CCCCN1C(=O)CCC1=O)C(N)=O. The van der Waals surface area contributed by atoms with Gasteiger partial charge in [0.05, 0.1) is 5.54 Å². The fraction of sp³-hybridized carbons (Fsp3) is 0.727. The van der Waals surface area contributed by atoms with Crippen molar-refractivity contribution in [2.24, 2.45) is 11.5 Å². The molecule has 1 rings (SSSR count). The zero-order valence-corrected chi connectivity index (χ0v) is 10.1. The molecule has 1 unspecified atom stereocenters. The first kappa shape index (κ1) is 13.6. The smallest absolute Gasteiger partial charge is 0.237 e. The highest BCUT2D eigenvalue weighted by Crippen LogP contribution is 2.15. The maximum atomic E-state index is 11.3. The van der Waals surface area contributed by atoms with Crippen molar-refractivity contribution in [1.82, 2.24) is 4.90 Å². The molecule has 0 radical (unpaired) electrons. The van der Waals surface area contributed by atoms with Crippen LogP contribution < -0.4 is 11.5 Å². The van der Waals surface area contributed by atoms with E-state index in [-0.39, 0.29) is 11.8 Å². The van der Waals surface area contributed by atoms with Gasteiger partial charge in [0.1, 0.15) is 0 Å². The molecule has 1 fully saturated rings. The molecule has 1 aliphatic rings. The molecule has 4 N–H and O–H groups in total. The third-order valence-corrected chi connectivity index (χ3v) is 3.05. The molecule has 0 aromatic carbocycles. The first-order valence-corrected chi connectivity index (χ1v) is 5.76. The number of rotatable bonds is 6. The molecule has 0 aromatic rings. The lowest BCUT2D eigenvalue weighted by Gasteiger charge is -2.20. The van der Waals surface area contributed by atoms with Gasteiger partial charge in [-0.05, 0) is 26.2 Å². The number of hydrogen-bond acceptors (Lipinski definition) is 4. The predicted molar refractivity (Wildman–Crippen MR) is 61.6 cm³/mol. The van der Waals surface area contributed by atoms with Gasteiger partial charge in [-0.1, -0.05) is 0 Å². The van der Waals surface area contributed by atoms with E-state index in [0.29, 0.717) is 38.6 Å².